The fourth-order valence-corrected chi connectivity index (χ4v) is 3.15. The number of carbonyl (C=O) groups excluding carboxylic acids is 2. The van der Waals surface area contributed by atoms with Crippen LogP contribution in [-0.2, 0) is 6.61 Å². The van der Waals surface area contributed by atoms with Gasteiger partial charge in [0.25, 0.3) is 11.8 Å². The Kier molecular flexibility index (Phi) is 6.26. The van der Waals surface area contributed by atoms with Gasteiger partial charge in [0.15, 0.2) is 5.82 Å². The summed E-state index contributed by atoms with van der Waals surface area (Å²) in [5, 5.41) is 12.4. The number of aromatic nitrogens is 2. The molecule has 0 radical (unpaired) electrons. The van der Waals surface area contributed by atoms with Crippen molar-refractivity contribution in [2.75, 3.05) is 5.32 Å². The molecule has 33 heavy (non-hydrogen) atoms. The lowest BCUT2D eigenvalue weighted by Crippen LogP contribution is -2.14. The standard InChI is InChI=1S/C25H20N4O4/c26-23(31)21-9-1-2-10-22(21)33-15-16-5-3-7-18(11-16)25(32)29-19-13-27-24(28-14-19)17-6-4-8-20(30)12-17/h1-14,30H,15H2,(H2,26,31)(H,29,32). The van der Waals surface area contributed by atoms with Gasteiger partial charge in [-0.05, 0) is 42.0 Å². The number of nitrogens with two attached hydrogens (primary N) is 1. The number of anilines is 1. The van der Waals surface area contributed by atoms with E-state index in [1.165, 1.54) is 12.4 Å². The molecule has 0 atom stereocenters. The quantitative estimate of drug-likeness (QED) is 0.401. The first-order valence-corrected chi connectivity index (χ1v) is 10.0. The number of benzene rings is 3. The summed E-state index contributed by atoms with van der Waals surface area (Å²) in [6, 6.07) is 20.3. The molecule has 0 aliphatic rings. The number of amides is 2. The zero-order valence-electron chi connectivity index (χ0n) is 17.4. The lowest BCUT2D eigenvalue weighted by Gasteiger charge is -2.11. The molecule has 3 aromatic carbocycles. The van der Waals surface area contributed by atoms with Crippen molar-refractivity contribution in [2.24, 2.45) is 5.73 Å². The van der Waals surface area contributed by atoms with Crippen LogP contribution in [0, 0.1) is 0 Å². The van der Waals surface area contributed by atoms with Gasteiger partial charge in [-0.3, -0.25) is 9.59 Å². The molecule has 8 heteroatoms. The van der Waals surface area contributed by atoms with E-state index in [1.807, 2.05) is 6.07 Å². The summed E-state index contributed by atoms with van der Waals surface area (Å²) in [7, 11) is 0. The van der Waals surface area contributed by atoms with E-state index in [0.29, 0.717) is 34.0 Å². The van der Waals surface area contributed by atoms with Gasteiger partial charge in [0.1, 0.15) is 18.1 Å². The van der Waals surface area contributed by atoms with Crippen LogP contribution >= 0.6 is 0 Å². The molecule has 0 aliphatic carbocycles. The van der Waals surface area contributed by atoms with Crippen molar-refractivity contribution in [2.45, 2.75) is 6.61 Å². The summed E-state index contributed by atoms with van der Waals surface area (Å²) in [6.45, 7) is 0.160. The zero-order chi connectivity index (χ0) is 23.2. The Bertz CT molecular complexity index is 1310. The first kappa shape index (κ1) is 21.5. The van der Waals surface area contributed by atoms with Gasteiger partial charge < -0.3 is 20.9 Å². The van der Waals surface area contributed by atoms with Crippen molar-refractivity contribution in [3.05, 3.63) is 102 Å². The maximum Gasteiger partial charge on any atom is 0.255 e. The maximum atomic E-state index is 12.7. The van der Waals surface area contributed by atoms with Crippen LogP contribution in [0.4, 0.5) is 5.69 Å². The third-order valence-corrected chi connectivity index (χ3v) is 4.75. The fraction of sp³-hybridized carbons (Fsp3) is 0.0400. The summed E-state index contributed by atoms with van der Waals surface area (Å²) in [6.07, 6.45) is 3.00. The second-order valence-corrected chi connectivity index (χ2v) is 7.15. The summed E-state index contributed by atoms with van der Waals surface area (Å²) in [5.74, 6) is 0.0256. The van der Waals surface area contributed by atoms with Gasteiger partial charge >= 0.3 is 0 Å². The molecule has 1 aromatic heterocycles. The number of carbonyl (C=O) groups is 2. The van der Waals surface area contributed by atoms with Crippen LogP contribution in [0.15, 0.2) is 85.2 Å². The maximum absolute atomic E-state index is 12.7. The molecule has 0 aliphatic heterocycles. The molecule has 2 amide bonds. The molecule has 0 spiro atoms. The number of hydrogen-bond acceptors (Lipinski definition) is 6. The van der Waals surface area contributed by atoms with Crippen LogP contribution in [0.2, 0.25) is 0 Å². The fourth-order valence-electron chi connectivity index (χ4n) is 3.15. The van der Waals surface area contributed by atoms with E-state index in [1.54, 1.807) is 66.7 Å². The lowest BCUT2D eigenvalue weighted by atomic mass is 10.1. The highest BCUT2D eigenvalue weighted by Crippen LogP contribution is 2.21. The van der Waals surface area contributed by atoms with Crippen molar-refractivity contribution in [1.82, 2.24) is 9.97 Å². The number of aromatic hydroxyl groups is 1. The molecule has 164 valence electrons. The largest absolute Gasteiger partial charge is 0.508 e. The Hall–Kier alpha value is -4.72. The van der Waals surface area contributed by atoms with Crippen LogP contribution in [0.3, 0.4) is 0 Å². The van der Waals surface area contributed by atoms with E-state index < -0.39 is 5.91 Å². The van der Waals surface area contributed by atoms with Gasteiger partial charge in [-0.25, -0.2) is 9.97 Å². The van der Waals surface area contributed by atoms with E-state index in [-0.39, 0.29) is 18.3 Å². The molecule has 4 rings (SSSR count). The highest BCUT2D eigenvalue weighted by atomic mass is 16.5. The molecule has 0 unspecified atom stereocenters. The summed E-state index contributed by atoms with van der Waals surface area (Å²) < 4.78 is 5.73. The lowest BCUT2D eigenvalue weighted by molar-refractivity contribution is 0.0994. The number of phenolic OH excluding ortho intramolecular Hbond substituents is 1. The van der Waals surface area contributed by atoms with Gasteiger partial charge in [0.05, 0.1) is 23.6 Å². The first-order chi connectivity index (χ1) is 16.0. The number of para-hydroxylation sites is 1. The van der Waals surface area contributed by atoms with E-state index in [9.17, 15) is 14.7 Å². The third-order valence-electron chi connectivity index (χ3n) is 4.75. The average molecular weight is 440 g/mol. The molecule has 1 heterocycles. The summed E-state index contributed by atoms with van der Waals surface area (Å²) >= 11 is 0. The van der Waals surface area contributed by atoms with Gasteiger partial charge in [-0.1, -0.05) is 36.4 Å². The summed E-state index contributed by atoms with van der Waals surface area (Å²) in [5.41, 5.74) is 7.94. The minimum absolute atomic E-state index is 0.121. The Labute approximate surface area is 189 Å². The number of nitrogens with one attached hydrogen (secondary N) is 1. The van der Waals surface area contributed by atoms with Gasteiger partial charge in [-0.2, -0.15) is 0 Å². The highest BCUT2D eigenvalue weighted by Gasteiger charge is 2.11. The van der Waals surface area contributed by atoms with Crippen molar-refractivity contribution >= 4 is 17.5 Å². The van der Waals surface area contributed by atoms with E-state index in [2.05, 4.69) is 15.3 Å². The first-order valence-electron chi connectivity index (χ1n) is 10.0. The Morgan fingerprint density at radius 3 is 2.45 bits per heavy atom. The van der Waals surface area contributed by atoms with E-state index in [0.717, 1.165) is 5.56 Å². The molecular formula is C25H20N4O4. The van der Waals surface area contributed by atoms with Crippen molar-refractivity contribution in [1.29, 1.82) is 0 Å². The minimum atomic E-state index is -0.573. The molecule has 4 N–H and O–H groups in total. The van der Waals surface area contributed by atoms with Crippen molar-refractivity contribution in [3.63, 3.8) is 0 Å². The van der Waals surface area contributed by atoms with Gasteiger partial charge in [-0.15, -0.1) is 0 Å². The number of primary amides is 1. The average Bonchev–Trinajstić information content (AvgIpc) is 2.83. The topological polar surface area (TPSA) is 127 Å². The molecular weight excluding hydrogens is 420 g/mol. The molecule has 0 bridgehead atoms. The predicted octanol–water partition coefficient (Wildman–Crippen LogP) is 3.78. The number of rotatable bonds is 7. The third kappa shape index (κ3) is 5.31. The Balaban J connectivity index is 1.42. The monoisotopic (exact) mass is 440 g/mol. The number of ether oxygens (including phenoxy) is 1. The van der Waals surface area contributed by atoms with E-state index in [4.69, 9.17) is 10.5 Å². The molecule has 0 fully saturated rings. The van der Waals surface area contributed by atoms with Crippen LogP contribution in [0.25, 0.3) is 11.4 Å². The molecule has 4 aromatic rings. The van der Waals surface area contributed by atoms with Crippen LogP contribution in [0.5, 0.6) is 11.5 Å². The van der Waals surface area contributed by atoms with E-state index >= 15 is 0 Å². The summed E-state index contributed by atoms with van der Waals surface area (Å²) in [4.78, 5) is 32.7. The number of nitrogens with zero attached hydrogens (tertiary/aromatic N) is 2. The Morgan fingerprint density at radius 2 is 1.70 bits per heavy atom. The van der Waals surface area contributed by atoms with Crippen LogP contribution < -0.4 is 15.8 Å². The predicted molar refractivity (Wildman–Crippen MR) is 123 cm³/mol. The van der Waals surface area contributed by atoms with Gasteiger partial charge in [0, 0.05) is 11.1 Å². The molecule has 0 saturated carbocycles. The minimum Gasteiger partial charge on any atom is -0.508 e. The second-order valence-electron chi connectivity index (χ2n) is 7.15. The zero-order valence-corrected chi connectivity index (χ0v) is 17.4. The number of phenols is 1. The second kappa shape index (κ2) is 9.61. The van der Waals surface area contributed by atoms with Crippen LogP contribution in [-0.4, -0.2) is 26.9 Å². The van der Waals surface area contributed by atoms with Crippen molar-refractivity contribution in [3.8, 4) is 22.9 Å². The SMILES string of the molecule is NC(=O)c1ccccc1OCc1cccc(C(=O)Nc2cnc(-c3cccc(O)c3)nc2)c1. The van der Waals surface area contributed by atoms with Gasteiger partial charge in [0.2, 0.25) is 0 Å². The highest BCUT2D eigenvalue weighted by molar-refractivity contribution is 6.04. The normalized spacial score (nSPS) is 10.4. The molecule has 0 saturated heterocycles. The smallest absolute Gasteiger partial charge is 0.255 e. The van der Waals surface area contributed by atoms with Crippen molar-refractivity contribution < 1.29 is 19.4 Å². The Morgan fingerprint density at radius 1 is 0.939 bits per heavy atom. The number of hydrogen-bond donors (Lipinski definition) is 3. The van der Waals surface area contributed by atoms with Crippen LogP contribution in [0.1, 0.15) is 26.3 Å². The molecule has 8 nitrogen and oxygen atoms in total.